The SMILES string of the molecule is Cc1cnc2c(c1)c(C(N)=O)c(-c1ccc(S(=O)(=O)NC3(C(F)(F)F)CC3)cc1)n2C1=CC=C1. The molecule has 0 spiro atoms. The third kappa shape index (κ3) is 3.43. The van der Waals surface area contributed by atoms with Gasteiger partial charge in [0.25, 0.3) is 5.91 Å². The van der Waals surface area contributed by atoms with Gasteiger partial charge in [0.2, 0.25) is 10.0 Å². The number of hydrogen-bond acceptors (Lipinski definition) is 4. The van der Waals surface area contributed by atoms with E-state index in [0.29, 0.717) is 22.3 Å². The van der Waals surface area contributed by atoms with Crippen molar-refractivity contribution in [2.75, 3.05) is 0 Å². The first-order chi connectivity index (χ1) is 15.9. The molecule has 2 aliphatic rings. The van der Waals surface area contributed by atoms with E-state index in [1.807, 2.05) is 25.2 Å². The maximum atomic E-state index is 13.2. The second kappa shape index (κ2) is 7.28. The Morgan fingerprint density at radius 1 is 1.21 bits per heavy atom. The molecule has 0 unspecified atom stereocenters. The van der Waals surface area contributed by atoms with Gasteiger partial charge in [0.15, 0.2) is 0 Å². The van der Waals surface area contributed by atoms with Crippen LogP contribution in [-0.4, -0.2) is 35.6 Å². The molecule has 7 nitrogen and oxygen atoms in total. The highest BCUT2D eigenvalue weighted by Crippen LogP contribution is 2.49. The number of allylic oxidation sites excluding steroid dienone is 4. The van der Waals surface area contributed by atoms with Gasteiger partial charge < -0.3 is 5.73 Å². The number of carbonyl (C=O) groups excluding carboxylic acids is 1. The Bertz CT molecular complexity index is 1510. The number of rotatable bonds is 6. The van der Waals surface area contributed by atoms with Crippen LogP contribution in [0.1, 0.15) is 28.8 Å². The fraction of sp³-hybridized carbons (Fsp3) is 0.217. The molecule has 34 heavy (non-hydrogen) atoms. The lowest BCUT2D eigenvalue weighted by Crippen LogP contribution is -2.47. The van der Waals surface area contributed by atoms with Crippen molar-refractivity contribution in [3.8, 4) is 11.3 Å². The van der Waals surface area contributed by atoms with Crippen molar-refractivity contribution in [1.29, 1.82) is 0 Å². The number of nitrogens with one attached hydrogen (secondary N) is 1. The molecule has 176 valence electrons. The van der Waals surface area contributed by atoms with E-state index in [9.17, 15) is 26.4 Å². The molecule has 5 rings (SSSR count). The number of fused-ring (bicyclic) bond motifs is 1. The van der Waals surface area contributed by atoms with Gasteiger partial charge in [-0.15, -0.1) is 0 Å². The van der Waals surface area contributed by atoms with Crippen LogP contribution in [0.25, 0.3) is 28.0 Å². The van der Waals surface area contributed by atoms with Crippen LogP contribution >= 0.6 is 0 Å². The molecule has 0 bridgehead atoms. The first-order valence-corrected chi connectivity index (χ1v) is 11.8. The van der Waals surface area contributed by atoms with Crippen LogP contribution in [0.15, 0.2) is 59.7 Å². The van der Waals surface area contributed by atoms with Crippen molar-refractivity contribution < 1.29 is 26.4 Å². The smallest absolute Gasteiger partial charge is 0.366 e. The minimum atomic E-state index is -4.67. The average Bonchev–Trinajstić information content (AvgIpc) is 3.42. The number of nitrogens with zero attached hydrogens (tertiary/aromatic N) is 2. The Kier molecular flexibility index (Phi) is 4.79. The number of halogens is 3. The van der Waals surface area contributed by atoms with E-state index in [4.69, 9.17) is 5.73 Å². The summed E-state index contributed by atoms with van der Waals surface area (Å²) in [6.45, 7) is 1.83. The van der Waals surface area contributed by atoms with Gasteiger partial charge in [0, 0.05) is 17.3 Å². The van der Waals surface area contributed by atoms with Crippen LogP contribution in [0.4, 0.5) is 13.2 Å². The Labute approximate surface area is 192 Å². The van der Waals surface area contributed by atoms with Gasteiger partial charge in [0.1, 0.15) is 11.2 Å². The number of carbonyl (C=O) groups is 1. The van der Waals surface area contributed by atoms with Crippen molar-refractivity contribution >= 4 is 32.7 Å². The number of pyridine rings is 1. The topological polar surface area (TPSA) is 107 Å². The van der Waals surface area contributed by atoms with E-state index >= 15 is 0 Å². The number of sulfonamides is 1. The van der Waals surface area contributed by atoms with E-state index in [1.165, 1.54) is 24.3 Å². The molecule has 1 amide bonds. The molecule has 2 heterocycles. The minimum absolute atomic E-state index is 0.218. The first-order valence-electron chi connectivity index (χ1n) is 10.3. The van der Waals surface area contributed by atoms with Crippen LogP contribution in [-0.2, 0) is 10.0 Å². The summed E-state index contributed by atoms with van der Waals surface area (Å²) in [5, 5.41) is 0.544. The monoisotopic (exact) mass is 488 g/mol. The highest BCUT2D eigenvalue weighted by Gasteiger charge is 2.65. The Morgan fingerprint density at radius 2 is 1.85 bits per heavy atom. The molecule has 2 aromatic heterocycles. The predicted molar refractivity (Wildman–Crippen MR) is 120 cm³/mol. The molecule has 0 atom stereocenters. The summed E-state index contributed by atoms with van der Waals surface area (Å²) in [5.41, 5.74) is 6.49. The number of amides is 1. The first kappa shape index (κ1) is 22.4. The number of aryl methyl sites for hydroxylation is 1. The van der Waals surface area contributed by atoms with Gasteiger partial charge in [0.05, 0.1) is 16.2 Å². The summed E-state index contributed by atoms with van der Waals surface area (Å²) in [6, 6.07) is 7.09. The zero-order chi connectivity index (χ0) is 24.5. The molecule has 1 aromatic carbocycles. The molecule has 3 N–H and O–H groups in total. The fourth-order valence-electron chi connectivity index (χ4n) is 4.05. The van der Waals surface area contributed by atoms with Gasteiger partial charge in [-0.25, -0.2) is 13.4 Å². The number of alkyl halides is 3. The summed E-state index contributed by atoms with van der Waals surface area (Å²) >= 11 is 0. The maximum Gasteiger partial charge on any atom is 0.407 e. The Balaban J connectivity index is 1.62. The lowest BCUT2D eigenvalue weighted by atomic mass is 10.0. The molecule has 1 saturated carbocycles. The lowest BCUT2D eigenvalue weighted by Gasteiger charge is -2.20. The molecule has 1 fully saturated rings. The van der Waals surface area contributed by atoms with Crippen molar-refractivity contribution in [3.63, 3.8) is 0 Å². The normalized spacial score (nSPS) is 16.9. The quantitative estimate of drug-likeness (QED) is 0.549. The molecule has 0 aliphatic heterocycles. The van der Waals surface area contributed by atoms with Crippen LogP contribution in [0.3, 0.4) is 0 Å². The van der Waals surface area contributed by atoms with Gasteiger partial charge in [-0.1, -0.05) is 18.2 Å². The van der Waals surface area contributed by atoms with Crippen molar-refractivity contribution in [1.82, 2.24) is 14.3 Å². The van der Waals surface area contributed by atoms with Gasteiger partial charge in [-0.2, -0.15) is 17.9 Å². The number of aromatic nitrogens is 2. The third-order valence-electron chi connectivity index (χ3n) is 6.04. The summed E-state index contributed by atoms with van der Waals surface area (Å²) in [4.78, 5) is 16.6. The molecular weight excluding hydrogens is 469 g/mol. The van der Waals surface area contributed by atoms with Crippen molar-refractivity contribution in [3.05, 3.63) is 65.9 Å². The van der Waals surface area contributed by atoms with Gasteiger partial charge in [-0.3, -0.25) is 9.36 Å². The molecule has 0 radical (unpaired) electrons. The predicted octanol–water partition coefficient (Wildman–Crippen LogP) is 3.89. The lowest BCUT2D eigenvalue weighted by molar-refractivity contribution is -0.160. The van der Waals surface area contributed by atoms with E-state index in [2.05, 4.69) is 4.98 Å². The van der Waals surface area contributed by atoms with E-state index in [1.54, 1.807) is 21.6 Å². The minimum Gasteiger partial charge on any atom is -0.366 e. The van der Waals surface area contributed by atoms with Crippen molar-refractivity contribution in [2.24, 2.45) is 5.73 Å². The zero-order valence-corrected chi connectivity index (χ0v) is 18.7. The number of primary amides is 1. The molecule has 11 heteroatoms. The second-order valence-electron chi connectivity index (χ2n) is 8.47. The van der Waals surface area contributed by atoms with E-state index < -0.39 is 27.6 Å². The van der Waals surface area contributed by atoms with Crippen LogP contribution in [0, 0.1) is 6.92 Å². The number of nitrogens with two attached hydrogens (primary N) is 1. The number of benzene rings is 1. The highest BCUT2D eigenvalue weighted by atomic mass is 32.2. The zero-order valence-electron chi connectivity index (χ0n) is 17.8. The van der Waals surface area contributed by atoms with E-state index in [-0.39, 0.29) is 23.3 Å². The number of hydrogen-bond donors (Lipinski definition) is 2. The third-order valence-corrected chi connectivity index (χ3v) is 7.60. The van der Waals surface area contributed by atoms with Crippen molar-refractivity contribution in [2.45, 2.75) is 36.4 Å². The highest BCUT2D eigenvalue weighted by molar-refractivity contribution is 7.89. The molecule has 2 aliphatic carbocycles. The van der Waals surface area contributed by atoms with Gasteiger partial charge in [-0.05, 0) is 61.2 Å². The fourth-order valence-corrected chi connectivity index (χ4v) is 5.50. The summed E-state index contributed by atoms with van der Waals surface area (Å²) in [7, 11) is -4.42. The van der Waals surface area contributed by atoms with Crippen LogP contribution in [0.2, 0.25) is 0 Å². The Morgan fingerprint density at radius 3 is 2.35 bits per heavy atom. The molecule has 3 aromatic rings. The average molecular weight is 488 g/mol. The summed E-state index contributed by atoms with van der Waals surface area (Å²) in [5.74, 6) is -0.686. The van der Waals surface area contributed by atoms with E-state index in [0.717, 1.165) is 11.3 Å². The van der Waals surface area contributed by atoms with Crippen LogP contribution in [0.5, 0.6) is 0 Å². The second-order valence-corrected chi connectivity index (χ2v) is 10.1. The summed E-state index contributed by atoms with van der Waals surface area (Å²) in [6.07, 6.45) is 1.85. The standard InChI is InChI=1S/C23H19F3N4O3S/c1-13-11-17-18(20(27)31)19(30(15-3-2-4-15)21(17)28-12-13)14-5-7-16(8-6-14)34(32,33)29-22(9-10-22)23(24,25)26/h2-8,11-12,29H,9-10H2,1H3,(H2,27,31). The maximum absolute atomic E-state index is 13.2. The van der Waals surface area contributed by atoms with Gasteiger partial charge >= 0.3 is 6.18 Å². The Hall–Kier alpha value is -3.44. The largest absolute Gasteiger partial charge is 0.407 e. The summed E-state index contributed by atoms with van der Waals surface area (Å²) < 4.78 is 68.6. The van der Waals surface area contributed by atoms with Crippen LogP contribution < -0.4 is 10.5 Å². The molecular formula is C23H19F3N4O3S. The molecule has 0 saturated heterocycles.